The molecule has 0 bridgehead atoms. The number of rotatable bonds is 5. The summed E-state index contributed by atoms with van der Waals surface area (Å²) < 4.78 is 31.7. The molecule has 1 atom stereocenters. The molecule has 4 heteroatoms. The summed E-state index contributed by atoms with van der Waals surface area (Å²) in [6, 6.07) is 9.08. The van der Waals surface area contributed by atoms with Crippen molar-refractivity contribution >= 4 is 0 Å². The van der Waals surface area contributed by atoms with Gasteiger partial charge in [-0.3, -0.25) is 0 Å². The highest BCUT2D eigenvalue weighted by Gasteiger charge is 2.12. The lowest BCUT2D eigenvalue weighted by Crippen LogP contribution is -2.19. The van der Waals surface area contributed by atoms with E-state index in [1.165, 1.54) is 24.3 Å². The van der Waals surface area contributed by atoms with Crippen LogP contribution < -0.4 is 10.1 Å². The van der Waals surface area contributed by atoms with Gasteiger partial charge < -0.3 is 10.1 Å². The van der Waals surface area contributed by atoms with Gasteiger partial charge in [0.25, 0.3) is 0 Å². The summed E-state index contributed by atoms with van der Waals surface area (Å²) in [4.78, 5) is 0. The van der Waals surface area contributed by atoms with Crippen LogP contribution in [0.25, 0.3) is 0 Å². The second-order valence-electron chi connectivity index (χ2n) is 5.06. The molecule has 0 aromatic heterocycles. The van der Waals surface area contributed by atoms with Crippen molar-refractivity contribution in [1.82, 2.24) is 5.32 Å². The van der Waals surface area contributed by atoms with Gasteiger partial charge in [0.15, 0.2) is 0 Å². The minimum absolute atomic E-state index is 0.0832. The highest BCUT2D eigenvalue weighted by atomic mass is 19.1. The molecule has 0 saturated carbocycles. The first kappa shape index (κ1) is 15.4. The topological polar surface area (TPSA) is 21.3 Å². The van der Waals surface area contributed by atoms with Gasteiger partial charge in [0.1, 0.15) is 17.4 Å². The highest BCUT2D eigenvalue weighted by molar-refractivity contribution is 5.36. The molecule has 0 aliphatic heterocycles. The van der Waals surface area contributed by atoms with Crippen molar-refractivity contribution in [3.05, 3.63) is 64.7 Å². The number of ether oxygens (including phenoxy) is 1. The van der Waals surface area contributed by atoms with Crippen LogP contribution in [0.1, 0.15) is 29.7 Å². The maximum Gasteiger partial charge on any atom is 0.123 e. The molecule has 0 aliphatic carbocycles. The smallest absolute Gasteiger partial charge is 0.123 e. The first-order valence-electron chi connectivity index (χ1n) is 6.83. The van der Waals surface area contributed by atoms with Crippen LogP contribution in [0.3, 0.4) is 0 Å². The van der Waals surface area contributed by atoms with Crippen molar-refractivity contribution in [2.75, 3.05) is 7.11 Å². The van der Waals surface area contributed by atoms with Crippen LogP contribution in [0.5, 0.6) is 5.75 Å². The van der Waals surface area contributed by atoms with Gasteiger partial charge in [-0.1, -0.05) is 6.07 Å². The molecule has 2 aromatic carbocycles. The van der Waals surface area contributed by atoms with E-state index in [9.17, 15) is 8.78 Å². The molecule has 2 aromatic rings. The molecule has 0 amide bonds. The summed E-state index contributed by atoms with van der Waals surface area (Å²) in [5, 5.41) is 3.31. The lowest BCUT2D eigenvalue weighted by Gasteiger charge is -2.18. The molecule has 2 nitrogen and oxygen atoms in total. The van der Waals surface area contributed by atoms with E-state index in [2.05, 4.69) is 5.32 Å². The Bertz CT molecular complexity index is 628. The molecule has 0 saturated heterocycles. The molecular weight excluding hydrogens is 272 g/mol. The second kappa shape index (κ2) is 6.68. The average molecular weight is 291 g/mol. The van der Waals surface area contributed by atoms with E-state index >= 15 is 0 Å². The molecule has 0 heterocycles. The summed E-state index contributed by atoms with van der Waals surface area (Å²) in [5.41, 5.74) is 2.66. The minimum atomic E-state index is -0.294. The number of methoxy groups -OCH3 is 1. The van der Waals surface area contributed by atoms with Gasteiger partial charge in [0.2, 0.25) is 0 Å². The Balaban J connectivity index is 2.11. The van der Waals surface area contributed by atoms with Gasteiger partial charge in [-0.25, -0.2) is 8.78 Å². The molecule has 112 valence electrons. The molecule has 0 spiro atoms. The minimum Gasteiger partial charge on any atom is -0.496 e. The van der Waals surface area contributed by atoms with E-state index in [4.69, 9.17) is 4.74 Å². The van der Waals surface area contributed by atoms with Crippen molar-refractivity contribution in [2.45, 2.75) is 26.4 Å². The van der Waals surface area contributed by atoms with Crippen molar-refractivity contribution in [2.24, 2.45) is 0 Å². The number of halogens is 2. The fourth-order valence-corrected chi connectivity index (χ4v) is 2.27. The van der Waals surface area contributed by atoms with Gasteiger partial charge in [-0.15, -0.1) is 0 Å². The third-order valence-corrected chi connectivity index (χ3v) is 3.56. The Morgan fingerprint density at radius 2 is 1.76 bits per heavy atom. The van der Waals surface area contributed by atoms with E-state index in [0.717, 1.165) is 16.7 Å². The average Bonchev–Trinajstić information content (AvgIpc) is 2.46. The Labute approximate surface area is 123 Å². The highest BCUT2D eigenvalue weighted by Crippen LogP contribution is 2.26. The fraction of sp³-hybridized carbons (Fsp3) is 0.294. The third kappa shape index (κ3) is 3.79. The predicted octanol–water partition coefficient (Wildman–Crippen LogP) is 4.13. The van der Waals surface area contributed by atoms with Crippen molar-refractivity contribution < 1.29 is 13.5 Å². The number of nitrogens with one attached hydrogen (secondary N) is 1. The number of hydrogen-bond acceptors (Lipinski definition) is 2. The SMILES string of the molecule is COc1ccc(F)cc1C(C)NCc1ccc(F)cc1C. The first-order chi connectivity index (χ1) is 10.0. The fourth-order valence-electron chi connectivity index (χ4n) is 2.27. The van der Waals surface area contributed by atoms with E-state index in [1.54, 1.807) is 19.2 Å². The summed E-state index contributed by atoms with van der Waals surface area (Å²) in [6.07, 6.45) is 0. The van der Waals surface area contributed by atoms with Gasteiger partial charge in [-0.05, 0) is 55.3 Å². The van der Waals surface area contributed by atoms with Gasteiger partial charge in [-0.2, -0.15) is 0 Å². The molecule has 1 unspecified atom stereocenters. The lowest BCUT2D eigenvalue weighted by atomic mass is 10.0. The zero-order valence-corrected chi connectivity index (χ0v) is 12.4. The first-order valence-corrected chi connectivity index (χ1v) is 6.83. The number of benzene rings is 2. The van der Waals surface area contributed by atoms with Crippen molar-refractivity contribution in [3.63, 3.8) is 0 Å². The largest absolute Gasteiger partial charge is 0.496 e. The van der Waals surface area contributed by atoms with Crippen LogP contribution in [0, 0.1) is 18.6 Å². The number of aryl methyl sites for hydroxylation is 1. The monoisotopic (exact) mass is 291 g/mol. The van der Waals surface area contributed by atoms with Gasteiger partial charge in [0.05, 0.1) is 7.11 Å². The van der Waals surface area contributed by atoms with Crippen LogP contribution in [0.15, 0.2) is 36.4 Å². The van der Waals surface area contributed by atoms with Crippen LogP contribution in [-0.2, 0) is 6.54 Å². The van der Waals surface area contributed by atoms with E-state index in [0.29, 0.717) is 12.3 Å². The van der Waals surface area contributed by atoms with Crippen molar-refractivity contribution in [1.29, 1.82) is 0 Å². The van der Waals surface area contributed by atoms with Crippen LogP contribution in [0.2, 0.25) is 0 Å². The van der Waals surface area contributed by atoms with Crippen LogP contribution in [0.4, 0.5) is 8.78 Å². The Hall–Kier alpha value is -1.94. The Kier molecular flexibility index (Phi) is 4.91. The van der Waals surface area contributed by atoms with E-state index in [1.807, 2.05) is 13.8 Å². The Morgan fingerprint density at radius 3 is 2.43 bits per heavy atom. The summed E-state index contributed by atoms with van der Waals surface area (Å²) in [6.45, 7) is 4.39. The van der Waals surface area contributed by atoms with E-state index in [-0.39, 0.29) is 17.7 Å². The van der Waals surface area contributed by atoms with Gasteiger partial charge >= 0.3 is 0 Å². The predicted molar refractivity (Wildman–Crippen MR) is 79.3 cm³/mol. The maximum absolute atomic E-state index is 13.4. The molecular formula is C17H19F2NO. The molecule has 1 N–H and O–H groups in total. The summed E-state index contributed by atoms with van der Waals surface area (Å²) in [5.74, 6) is 0.112. The van der Waals surface area contributed by atoms with Crippen LogP contribution >= 0.6 is 0 Å². The molecule has 21 heavy (non-hydrogen) atoms. The standard InChI is InChI=1S/C17H19F2NO/c1-11-8-14(18)5-4-13(11)10-20-12(2)16-9-15(19)6-7-17(16)21-3/h4-9,12,20H,10H2,1-3H3. The summed E-state index contributed by atoms with van der Waals surface area (Å²) in [7, 11) is 1.56. The quantitative estimate of drug-likeness (QED) is 0.894. The normalized spacial score (nSPS) is 12.2. The molecule has 0 radical (unpaired) electrons. The lowest BCUT2D eigenvalue weighted by molar-refractivity contribution is 0.399. The third-order valence-electron chi connectivity index (χ3n) is 3.56. The molecule has 2 rings (SSSR count). The Morgan fingerprint density at radius 1 is 1.10 bits per heavy atom. The molecule has 0 aliphatic rings. The maximum atomic E-state index is 13.4. The van der Waals surface area contributed by atoms with Gasteiger partial charge in [0, 0.05) is 18.2 Å². The molecule has 0 fully saturated rings. The zero-order chi connectivity index (χ0) is 15.4. The van der Waals surface area contributed by atoms with Crippen molar-refractivity contribution in [3.8, 4) is 5.75 Å². The van der Waals surface area contributed by atoms with E-state index < -0.39 is 0 Å². The van der Waals surface area contributed by atoms with Crippen LogP contribution in [-0.4, -0.2) is 7.11 Å². The zero-order valence-electron chi connectivity index (χ0n) is 12.4. The second-order valence-corrected chi connectivity index (χ2v) is 5.06. The number of hydrogen-bond donors (Lipinski definition) is 1. The summed E-state index contributed by atoms with van der Waals surface area (Å²) >= 11 is 0.